The number of ether oxygens (including phenoxy) is 1. The summed E-state index contributed by atoms with van der Waals surface area (Å²) in [6, 6.07) is 6.27. The van der Waals surface area contributed by atoms with Crippen LogP contribution in [0.3, 0.4) is 0 Å². The number of methoxy groups -OCH3 is 1. The van der Waals surface area contributed by atoms with Gasteiger partial charge in [0.05, 0.1) is 7.11 Å². The molecule has 0 heterocycles. The van der Waals surface area contributed by atoms with Gasteiger partial charge in [0.1, 0.15) is 11.5 Å². The van der Waals surface area contributed by atoms with Crippen molar-refractivity contribution in [3.05, 3.63) is 35.9 Å². The molecular formula is C11H11BF2O3. The fourth-order valence-corrected chi connectivity index (χ4v) is 1.22. The molecule has 0 unspecified atom stereocenters. The Kier molecular flexibility index (Phi) is 4.69. The van der Waals surface area contributed by atoms with Crippen LogP contribution in [0.25, 0.3) is 5.76 Å². The highest BCUT2D eigenvalue weighted by Crippen LogP contribution is 2.20. The van der Waals surface area contributed by atoms with Crippen LogP contribution in [0.15, 0.2) is 30.3 Å². The van der Waals surface area contributed by atoms with Gasteiger partial charge in [-0.05, 0) is 31.2 Å². The van der Waals surface area contributed by atoms with E-state index < -0.39 is 7.47 Å². The van der Waals surface area contributed by atoms with E-state index in [1.807, 2.05) is 0 Å². The molecule has 6 heteroatoms. The van der Waals surface area contributed by atoms with Crippen LogP contribution in [0.1, 0.15) is 12.5 Å². The van der Waals surface area contributed by atoms with Crippen molar-refractivity contribution in [3.8, 4) is 5.75 Å². The Morgan fingerprint density at radius 3 is 2.29 bits per heavy atom. The third-order valence-corrected chi connectivity index (χ3v) is 1.92. The second-order valence-electron chi connectivity index (χ2n) is 3.23. The Morgan fingerprint density at radius 2 is 1.88 bits per heavy atom. The van der Waals surface area contributed by atoms with Gasteiger partial charge in [0.2, 0.25) is 0 Å². The smallest absolute Gasteiger partial charge is 0.505 e. The monoisotopic (exact) mass is 240 g/mol. The summed E-state index contributed by atoms with van der Waals surface area (Å²) in [5.41, 5.74) is 0.390. The van der Waals surface area contributed by atoms with Crippen LogP contribution in [0.5, 0.6) is 5.75 Å². The van der Waals surface area contributed by atoms with Crippen LogP contribution < -0.4 is 4.74 Å². The van der Waals surface area contributed by atoms with Crippen LogP contribution in [-0.4, -0.2) is 20.4 Å². The molecule has 0 aliphatic carbocycles. The molecule has 17 heavy (non-hydrogen) atoms. The zero-order chi connectivity index (χ0) is 12.8. The van der Waals surface area contributed by atoms with Crippen molar-refractivity contribution in [2.75, 3.05) is 7.11 Å². The SMILES string of the molecule is COc1ccc(C(=CC(C)=O)OB(F)F)cc1. The molecule has 0 aliphatic heterocycles. The third-order valence-electron chi connectivity index (χ3n) is 1.92. The van der Waals surface area contributed by atoms with Crippen molar-refractivity contribution in [3.63, 3.8) is 0 Å². The summed E-state index contributed by atoms with van der Waals surface area (Å²) >= 11 is 0. The number of rotatable bonds is 5. The Hall–Kier alpha value is -1.85. The number of halogens is 2. The summed E-state index contributed by atoms with van der Waals surface area (Å²) in [7, 11) is -1.47. The van der Waals surface area contributed by atoms with Crippen molar-refractivity contribution in [1.29, 1.82) is 0 Å². The Morgan fingerprint density at radius 1 is 1.29 bits per heavy atom. The maximum Gasteiger partial charge on any atom is 0.796 e. The lowest BCUT2D eigenvalue weighted by atomic mass is 10.1. The molecule has 1 rings (SSSR count). The lowest BCUT2D eigenvalue weighted by molar-refractivity contribution is -0.112. The summed E-state index contributed by atoms with van der Waals surface area (Å²) in [5, 5.41) is 0. The van der Waals surface area contributed by atoms with Crippen molar-refractivity contribution < 1.29 is 22.8 Å². The molecule has 1 aromatic carbocycles. The number of ketones is 1. The van der Waals surface area contributed by atoms with E-state index in [0.717, 1.165) is 6.08 Å². The molecular weight excluding hydrogens is 229 g/mol. The number of hydrogen-bond acceptors (Lipinski definition) is 3. The number of carbonyl (C=O) groups is 1. The van der Waals surface area contributed by atoms with Crippen molar-refractivity contribution in [2.24, 2.45) is 0 Å². The maximum absolute atomic E-state index is 12.2. The number of hydrogen-bond donors (Lipinski definition) is 0. The first-order valence-electron chi connectivity index (χ1n) is 4.84. The average Bonchev–Trinajstić information content (AvgIpc) is 2.27. The van der Waals surface area contributed by atoms with Gasteiger partial charge in [-0.25, -0.2) is 8.63 Å². The van der Waals surface area contributed by atoms with Gasteiger partial charge in [-0.3, -0.25) is 4.79 Å². The van der Waals surface area contributed by atoms with Gasteiger partial charge >= 0.3 is 7.47 Å². The lowest BCUT2D eigenvalue weighted by Gasteiger charge is -2.08. The summed E-state index contributed by atoms with van der Waals surface area (Å²) in [6.45, 7) is 1.26. The predicted molar refractivity (Wildman–Crippen MR) is 60.7 cm³/mol. The van der Waals surface area contributed by atoms with Gasteiger partial charge in [0, 0.05) is 11.6 Å². The van der Waals surface area contributed by atoms with Crippen molar-refractivity contribution >= 4 is 19.0 Å². The molecule has 0 saturated heterocycles. The highest BCUT2D eigenvalue weighted by atomic mass is 19.2. The second kappa shape index (κ2) is 6.03. The standard InChI is InChI=1S/C11H11BF2O3/c1-8(15)7-11(17-12(13)14)9-3-5-10(16-2)6-4-9/h3-7H,1-2H3. The third kappa shape index (κ3) is 4.26. The van der Waals surface area contributed by atoms with Gasteiger partial charge in [0.25, 0.3) is 0 Å². The largest absolute Gasteiger partial charge is 0.796 e. The van der Waals surface area contributed by atoms with Crippen molar-refractivity contribution in [1.82, 2.24) is 0 Å². The topological polar surface area (TPSA) is 35.5 Å². The molecule has 0 saturated carbocycles. The quantitative estimate of drug-likeness (QED) is 0.450. The van der Waals surface area contributed by atoms with Gasteiger partial charge in [0.15, 0.2) is 5.78 Å². The van der Waals surface area contributed by atoms with E-state index >= 15 is 0 Å². The summed E-state index contributed by atoms with van der Waals surface area (Å²) in [5.74, 6) is 0.0691. The van der Waals surface area contributed by atoms with E-state index in [2.05, 4.69) is 4.65 Å². The van der Waals surface area contributed by atoms with Crippen LogP contribution >= 0.6 is 0 Å². The zero-order valence-corrected chi connectivity index (χ0v) is 9.44. The van der Waals surface area contributed by atoms with Gasteiger partial charge in [-0.2, -0.15) is 0 Å². The number of allylic oxidation sites excluding steroid dienone is 1. The molecule has 0 spiro atoms. The molecule has 90 valence electrons. The molecule has 0 aliphatic rings. The predicted octanol–water partition coefficient (Wildman–Crippen LogP) is 2.57. The molecule has 0 radical (unpaired) electrons. The van der Waals surface area contributed by atoms with E-state index in [1.165, 1.54) is 26.2 Å². The van der Waals surface area contributed by atoms with E-state index in [4.69, 9.17) is 4.74 Å². The molecule has 0 bridgehead atoms. The Labute approximate surface area is 98.2 Å². The Balaban J connectivity index is 3.00. The number of carbonyl (C=O) groups excluding carboxylic acids is 1. The molecule has 1 aromatic rings. The lowest BCUT2D eigenvalue weighted by Crippen LogP contribution is -2.05. The van der Waals surface area contributed by atoms with E-state index in [0.29, 0.717) is 11.3 Å². The minimum Gasteiger partial charge on any atom is -0.505 e. The fourth-order valence-electron chi connectivity index (χ4n) is 1.22. The van der Waals surface area contributed by atoms with Crippen molar-refractivity contribution in [2.45, 2.75) is 6.92 Å². The normalized spacial score (nSPS) is 10.9. The summed E-state index contributed by atoms with van der Waals surface area (Å²) in [4.78, 5) is 10.9. The van der Waals surface area contributed by atoms with E-state index in [-0.39, 0.29) is 11.5 Å². The molecule has 0 N–H and O–H groups in total. The zero-order valence-electron chi connectivity index (χ0n) is 9.44. The molecule has 3 nitrogen and oxygen atoms in total. The molecule has 0 fully saturated rings. The van der Waals surface area contributed by atoms with Gasteiger partial charge in [-0.1, -0.05) is 0 Å². The minimum absolute atomic E-state index is 0.157. The summed E-state index contributed by atoms with van der Waals surface area (Å²) < 4.78 is 33.6. The second-order valence-corrected chi connectivity index (χ2v) is 3.23. The Bertz CT molecular complexity index is 415. The van der Waals surface area contributed by atoms with Crippen LogP contribution in [0.4, 0.5) is 8.63 Å². The molecule has 0 amide bonds. The fraction of sp³-hybridized carbons (Fsp3) is 0.182. The highest BCUT2D eigenvalue weighted by molar-refractivity contribution is 6.36. The van der Waals surface area contributed by atoms with Gasteiger partial charge < -0.3 is 9.39 Å². The first kappa shape index (κ1) is 13.2. The average molecular weight is 240 g/mol. The molecule has 0 aromatic heterocycles. The first-order valence-corrected chi connectivity index (χ1v) is 4.84. The van der Waals surface area contributed by atoms with E-state index in [9.17, 15) is 13.4 Å². The molecule has 0 atom stereocenters. The number of benzene rings is 1. The van der Waals surface area contributed by atoms with Crippen LogP contribution in [0, 0.1) is 0 Å². The van der Waals surface area contributed by atoms with Crippen LogP contribution in [-0.2, 0) is 9.45 Å². The minimum atomic E-state index is -2.97. The van der Waals surface area contributed by atoms with E-state index in [1.54, 1.807) is 12.1 Å². The maximum atomic E-state index is 12.2. The van der Waals surface area contributed by atoms with Crippen LogP contribution in [0.2, 0.25) is 0 Å². The van der Waals surface area contributed by atoms with Gasteiger partial charge in [-0.15, -0.1) is 0 Å². The highest BCUT2D eigenvalue weighted by Gasteiger charge is 2.20. The summed E-state index contributed by atoms with van der Waals surface area (Å²) in [6.07, 6.45) is 1.02. The first-order chi connectivity index (χ1) is 8.02.